The maximum atomic E-state index is 12.0. The van der Waals surface area contributed by atoms with Crippen LogP contribution in [-0.2, 0) is 16.0 Å². The molecule has 0 spiro atoms. The average molecular weight is 288 g/mol. The number of carboxylic acid groups (broad SMARTS) is 1. The minimum absolute atomic E-state index is 0.0539. The SMILES string of the molecule is O=C(CN1C(=O)Cc2ccc(C(=O)O)cc21)NCC1CC1. The van der Waals surface area contributed by atoms with Crippen LogP contribution in [0.2, 0.25) is 0 Å². The number of benzene rings is 1. The van der Waals surface area contributed by atoms with E-state index in [4.69, 9.17) is 5.11 Å². The van der Waals surface area contributed by atoms with Gasteiger partial charge in [0.05, 0.1) is 12.0 Å². The lowest BCUT2D eigenvalue weighted by Gasteiger charge is -2.17. The second kappa shape index (κ2) is 5.20. The third-order valence-electron chi connectivity index (χ3n) is 3.85. The predicted molar refractivity (Wildman–Crippen MR) is 75.2 cm³/mol. The van der Waals surface area contributed by atoms with Crippen molar-refractivity contribution >= 4 is 23.5 Å². The highest BCUT2D eigenvalue weighted by Crippen LogP contribution is 2.30. The third-order valence-corrected chi connectivity index (χ3v) is 3.85. The molecule has 110 valence electrons. The summed E-state index contributed by atoms with van der Waals surface area (Å²) in [4.78, 5) is 36.3. The van der Waals surface area contributed by atoms with Crippen molar-refractivity contribution in [3.05, 3.63) is 29.3 Å². The first kappa shape index (κ1) is 13.6. The Labute approximate surface area is 121 Å². The van der Waals surface area contributed by atoms with E-state index >= 15 is 0 Å². The van der Waals surface area contributed by atoms with Gasteiger partial charge < -0.3 is 15.3 Å². The third kappa shape index (κ3) is 2.89. The molecule has 21 heavy (non-hydrogen) atoms. The lowest BCUT2D eigenvalue weighted by molar-refractivity contribution is -0.123. The molecule has 2 aliphatic rings. The van der Waals surface area contributed by atoms with Crippen LogP contribution >= 0.6 is 0 Å². The van der Waals surface area contributed by atoms with Crippen LogP contribution in [0.15, 0.2) is 18.2 Å². The molecule has 0 unspecified atom stereocenters. The zero-order chi connectivity index (χ0) is 15.0. The van der Waals surface area contributed by atoms with Crippen LogP contribution in [-0.4, -0.2) is 36.0 Å². The largest absolute Gasteiger partial charge is 0.478 e. The molecule has 0 aromatic heterocycles. The van der Waals surface area contributed by atoms with Crippen LogP contribution in [0.25, 0.3) is 0 Å². The van der Waals surface area contributed by atoms with Crippen LogP contribution in [0.4, 0.5) is 5.69 Å². The number of carbonyl (C=O) groups excluding carboxylic acids is 2. The summed E-state index contributed by atoms with van der Waals surface area (Å²) >= 11 is 0. The highest BCUT2D eigenvalue weighted by molar-refractivity contribution is 6.06. The van der Waals surface area contributed by atoms with E-state index in [1.54, 1.807) is 6.07 Å². The zero-order valence-corrected chi connectivity index (χ0v) is 11.5. The monoisotopic (exact) mass is 288 g/mol. The molecule has 0 atom stereocenters. The highest BCUT2D eigenvalue weighted by Gasteiger charge is 2.30. The van der Waals surface area contributed by atoms with Crippen molar-refractivity contribution in [3.8, 4) is 0 Å². The molecule has 1 aliphatic heterocycles. The molecule has 2 N–H and O–H groups in total. The number of fused-ring (bicyclic) bond motifs is 1. The Hall–Kier alpha value is -2.37. The van der Waals surface area contributed by atoms with Gasteiger partial charge in [0.1, 0.15) is 6.54 Å². The van der Waals surface area contributed by atoms with Crippen LogP contribution in [0.3, 0.4) is 0 Å². The van der Waals surface area contributed by atoms with Gasteiger partial charge in [-0.2, -0.15) is 0 Å². The molecule has 1 saturated carbocycles. The number of rotatable bonds is 5. The molecule has 1 heterocycles. The first-order chi connectivity index (χ1) is 10.0. The minimum Gasteiger partial charge on any atom is -0.478 e. The predicted octanol–water partition coefficient (Wildman–Crippen LogP) is 0.800. The normalized spacial score (nSPS) is 16.8. The van der Waals surface area contributed by atoms with E-state index in [0.29, 0.717) is 18.2 Å². The second-order valence-corrected chi connectivity index (χ2v) is 5.55. The van der Waals surface area contributed by atoms with E-state index in [1.165, 1.54) is 17.0 Å². The van der Waals surface area contributed by atoms with E-state index in [1.807, 2.05) is 0 Å². The minimum atomic E-state index is -1.05. The van der Waals surface area contributed by atoms with Crippen molar-refractivity contribution in [3.63, 3.8) is 0 Å². The first-order valence-electron chi connectivity index (χ1n) is 6.98. The quantitative estimate of drug-likeness (QED) is 0.839. The summed E-state index contributed by atoms with van der Waals surface area (Å²) in [5, 5.41) is 11.8. The maximum Gasteiger partial charge on any atom is 0.335 e. The summed E-state index contributed by atoms with van der Waals surface area (Å²) in [6.07, 6.45) is 2.51. The van der Waals surface area contributed by atoms with Crippen molar-refractivity contribution in [1.82, 2.24) is 5.32 Å². The molecule has 0 radical (unpaired) electrons. The fourth-order valence-corrected chi connectivity index (χ4v) is 2.44. The van der Waals surface area contributed by atoms with Gasteiger partial charge in [-0.25, -0.2) is 4.79 Å². The fourth-order valence-electron chi connectivity index (χ4n) is 2.44. The number of nitrogens with zero attached hydrogens (tertiary/aromatic N) is 1. The van der Waals surface area contributed by atoms with Crippen molar-refractivity contribution in [2.75, 3.05) is 18.0 Å². The molecule has 1 fully saturated rings. The van der Waals surface area contributed by atoms with E-state index in [2.05, 4.69) is 5.32 Å². The zero-order valence-electron chi connectivity index (χ0n) is 11.5. The Morgan fingerprint density at radius 1 is 1.33 bits per heavy atom. The van der Waals surface area contributed by atoms with Gasteiger partial charge in [-0.3, -0.25) is 9.59 Å². The standard InChI is InChI=1S/C15H16N2O4/c18-13(16-7-9-1-2-9)8-17-12-5-11(15(20)21)4-3-10(12)6-14(17)19/h3-5,9H,1-2,6-8H2,(H,16,18)(H,20,21). The Morgan fingerprint density at radius 2 is 2.10 bits per heavy atom. The smallest absolute Gasteiger partial charge is 0.335 e. The second-order valence-electron chi connectivity index (χ2n) is 5.55. The van der Waals surface area contributed by atoms with Crippen LogP contribution in [0.5, 0.6) is 0 Å². The number of aromatic carboxylic acids is 1. The average Bonchev–Trinajstić information content (AvgIpc) is 3.22. The number of hydrogen-bond donors (Lipinski definition) is 2. The number of anilines is 1. The van der Waals surface area contributed by atoms with Crippen LogP contribution < -0.4 is 10.2 Å². The molecule has 0 saturated heterocycles. The van der Waals surface area contributed by atoms with Gasteiger partial charge >= 0.3 is 5.97 Å². The van der Waals surface area contributed by atoms with Gasteiger partial charge in [-0.05, 0) is 36.5 Å². The van der Waals surface area contributed by atoms with Crippen LogP contribution in [0, 0.1) is 5.92 Å². The topological polar surface area (TPSA) is 86.7 Å². The Bertz CT molecular complexity index is 622. The fraction of sp³-hybridized carbons (Fsp3) is 0.400. The number of carbonyl (C=O) groups is 3. The Kier molecular flexibility index (Phi) is 3.37. The van der Waals surface area contributed by atoms with Crippen molar-refractivity contribution in [2.45, 2.75) is 19.3 Å². The summed E-state index contributed by atoms with van der Waals surface area (Å²) < 4.78 is 0. The van der Waals surface area contributed by atoms with E-state index in [9.17, 15) is 14.4 Å². The molecule has 2 amide bonds. The van der Waals surface area contributed by atoms with Crippen molar-refractivity contribution in [1.29, 1.82) is 0 Å². The molecule has 6 nitrogen and oxygen atoms in total. The number of amides is 2. The molecule has 1 aromatic carbocycles. The maximum absolute atomic E-state index is 12.0. The molecule has 3 rings (SSSR count). The first-order valence-corrected chi connectivity index (χ1v) is 6.98. The molecule has 6 heteroatoms. The lowest BCUT2D eigenvalue weighted by atomic mass is 10.1. The van der Waals surface area contributed by atoms with Crippen molar-refractivity contribution in [2.24, 2.45) is 5.92 Å². The lowest BCUT2D eigenvalue weighted by Crippen LogP contribution is -2.39. The number of hydrogen-bond acceptors (Lipinski definition) is 3. The van der Waals surface area contributed by atoms with Crippen LogP contribution in [0.1, 0.15) is 28.8 Å². The van der Waals surface area contributed by atoms with Gasteiger partial charge in [0.15, 0.2) is 0 Å². The van der Waals surface area contributed by atoms with Gasteiger partial charge in [0, 0.05) is 12.2 Å². The van der Waals surface area contributed by atoms with E-state index in [0.717, 1.165) is 18.4 Å². The van der Waals surface area contributed by atoms with E-state index in [-0.39, 0.29) is 30.3 Å². The Morgan fingerprint density at radius 3 is 2.76 bits per heavy atom. The summed E-state index contributed by atoms with van der Waals surface area (Å²) in [7, 11) is 0. The van der Waals surface area contributed by atoms with Crippen molar-refractivity contribution < 1.29 is 19.5 Å². The molecule has 1 aromatic rings. The van der Waals surface area contributed by atoms with Gasteiger partial charge in [-0.15, -0.1) is 0 Å². The summed E-state index contributed by atoms with van der Waals surface area (Å²) in [6, 6.07) is 4.57. The van der Waals surface area contributed by atoms with Gasteiger partial charge in [0.25, 0.3) is 0 Å². The highest BCUT2D eigenvalue weighted by atomic mass is 16.4. The summed E-state index contributed by atoms with van der Waals surface area (Å²) in [5.74, 6) is -0.845. The molecule has 1 aliphatic carbocycles. The molecular weight excluding hydrogens is 272 g/mol. The van der Waals surface area contributed by atoms with Gasteiger partial charge in [-0.1, -0.05) is 6.07 Å². The van der Waals surface area contributed by atoms with Gasteiger partial charge in [0.2, 0.25) is 11.8 Å². The molecular formula is C15H16N2O4. The molecule has 0 bridgehead atoms. The summed E-state index contributed by atoms with van der Waals surface area (Å²) in [6.45, 7) is 0.602. The van der Waals surface area contributed by atoms with E-state index < -0.39 is 5.97 Å². The Balaban J connectivity index is 1.73. The number of carboxylic acids is 1. The summed E-state index contributed by atoms with van der Waals surface area (Å²) in [5.41, 5.74) is 1.41. The number of nitrogens with one attached hydrogen (secondary N) is 1.